The number of nitrogens with one attached hydrogen (secondary N) is 1. The second kappa shape index (κ2) is 7.10. The standard InChI is InChI=1S/C17H31NO3/c1-12-6-7-15(11-13(12)2)21-10-8-14-5-4-9-17(14,18-3)16(19)20/h12-15,18H,4-11H2,1-3H3,(H,19,20). The van der Waals surface area contributed by atoms with E-state index in [1.165, 1.54) is 6.42 Å². The molecule has 0 heterocycles. The topological polar surface area (TPSA) is 58.6 Å². The van der Waals surface area contributed by atoms with Crippen LogP contribution in [0.4, 0.5) is 0 Å². The number of carbonyl (C=O) groups is 1. The third-order valence-corrected chi connectivity index (χ3v) is 6.02. The minimum absolute atomic E-state index is 0.194. The molecule has 0 spiro atoms. The number of rotatable bonds is 6. The highest BCUT2D eigenvalue weighted by Gasteiger charge is 2.47. The fraction of sp³-hybridized carbons (Fsp3) is 0.941. The van der Waals surface area contributed by atoms with Gasteiger partial charge in [0.15, 0.2) is 0 Å². The third kappa shape index (κ3) is 3.59. The molecule has 5 unspecified atom stereocenters. The van der Waals surface area contributed by atoms with E-state index < -0.39 is 11.5 Å². The highest BCUT2D eigenvalue weighted by atomic mass is 16.5. The lowest BCUT2D eigenvalue weighted by Gasteiger charge is -2.34. The summed E-state index contributed by atoms with van der Waals surface area (Å²) in [7, 11) is 1.78. The van der Waals surface area contributed by atoms with Gasteiger partial charge in [0.1, 0.15) is 5.54 Å². The largest absolute Gasteiger partial charge is 0.480 e. The van der Waals surface area contributed by atoms with Crippen molar-refractivity contribution in [1.29, 1.82) is 0 Å². The van der Waals surface area contributed by atoms with Gasteiger partial charge in [0.2, 0.25) is 0 Å². The smallest absolute Gasteiger partial charge is 0.324 e. The number of likely N-dealkylation sites (N-methyl/N-ethyl adjacent to an activating group) is 1. The summed E-state index contributed by atoms with van der Waals surface area (Å²) in [5.74, 6) is 1.04. The molecule has 0 radical (unpaired) electrons. The maximum absolute atomic E-state index is 11.6. The first kappa shape index (κ1) is 16.8. The zero-order valence-electron chi connectivity index (χ0n) is 13.7. The Kier molecular flexibility index (Phi) is 5.67. The highest BCUT2D eigenvalue weighted by Crippen LogP contribution is 2.38. The zero-order chi connectivity index (χ0) is 15.5. The summed E-state index contributed by atoms with van der Waals surface area (Å²) in [5.41, 5.74) is -0.724. The molecule has 0 aromatic rings. The van der Waals surface area contributed by atoms with E-state index in [4.69, 9.17) is 4.74 Å². The van der Waals surface area contributed by atoms with Gasteiger partial charge in [-0.2, -0.15) is 0 Å². The van der Waals surface area contributed by atoms with Crippen molar-refractivity contribution >= 4 is 5.97 Å². The molecule has 122 valence electrons. The maximum Gasteiger partial charge on any atom is 0.324 e. The van der Waals surface area contributed by atoms with E-state index >= 15 is 0 Å². The van der Waals surface area contributed by atoms with E-state index in [-0.39, 0.29) is 5.92 Å². The van der Waals surface area contributed by atoms with Gasteiger partial charge < -0.3 is 15.2 Å². The second-order valence-electron chi connectivity index (χ2n) is 7.16. The Morgan fingerprint density at radius 3 is 2.67 bits per heavy atom. The van der Waals surface area contributed by atoms with Crippen LogP contribution in [0.5, 0.6) is 0 Å². The summed E-state index contributed by atoms with van der Waals surface area (Å²) in [5, 5.41) is 12.6. The molecule has 2 rings (SSSR count). The van der Waals surface area contributed by atoms with Gasteiger partial charge in [-0.3, -0.25) is 4.79 Å². The van der Waals surface area contributed by atoms with Crippen molar-refractivity contribution in [2.24, 2.45) is 17.8 Å². The summed E-state index contributed by atoms with van der Waals surface area (Å²) < 4.78 is 6.06. The molecule has 0 aromatic carbocycles. The lowest BCUT2D eigenvalue weighted by atomic mass is 9.80. The molecule has 2 N–H and O–H groups in total. The van der Waals surface area contributed by atoms with Gasteiger partial charge in [0, 0.05) is 6.61 Å². The van der Waals surface area contributed by atoms with E-state index in [1.54, 1.807) is 7.05 Å². The van der Waals surface area contributed by atoms with Gasteiger partial charge in [-0.05, 0) is 63.3 Å². The van der Waals surface area contributed by atoms with Gasteiger partial charge in [-0.1, -0.05) is 20.3 Å². The fourth-order valence-electron chi connectivity index (χ4n) is 4.21. The third-order valence-electron chi connectivity index (χ3n) is 6.02. The van der Waals surface area contributed by atoms with Crippen LogP contribution in [0.1, 0.15) is 58.8 Å². The summed E-state index contributed by atoms with van der Waals surface area (Å²) in [6.07, 6.45) is 7.53. The van der Waals surface area contributed by atoms with Crippen LogP contribution in [0.3, 0.4) is 0 Å². The van der Waals surface area contributed by atoms with Crippen molar-refractivity contribution < 1.29 is 14.6 Å². The number of carboxylic acid groups (broad SMARTS) is 1. The number of hydrogen-bond donors (Lipinski definition) is 2. The SMILES string of the molecule is CNC1(C(=O)O)CCCC1CCOC1CCC(C)C(C)C1. The lowest BCUT2D eigenvalue weighted by Crippen LogP contribution is -2.53. The van der Waals surface area contributed by atoms with Crippen LogP contribution in [0.2, 0.25) is 0 Å². The summed E-state index contributed by atoms with van der Waals surface area (Å²) >= 11 is 0. The number of aliphatic carboxylic acids is 1. The number of ether oxygens (including phenoxy) is 1. The first-order chi connectivity index (χ1) is 9.99. The highest BCUT2D eigenvalue weighted by molar-refractivity contribution is 5.79. The molecular weight excluding hydrogens is 266 g/mol. The molecule has 2 fully saturated rings. The van der Waals surface area contributed by atoms with Gasteiger partial charge in [0.25, 0.3) is 0 Å². The Morgan fingerprint density at radius 1 is 1.29 bits per heavy atom. The van der Waals surface area contributed by atoms with Crippen LogP contribution in [0.15, 0.2) is 0 Å². The minimum atomic E-state index is -0.724. The Balaban J connectivity index is 1.79. The molecule has 2 aliphatic carbocycles. The van der Waals surface area contributed by atoms with Crippen LogP contribution < -0.4 is 5.32 Å². The number of carboxylic acids is 1. The average Bonchev–Trinajstić information content (AvgIpc) is 2.87. The van der Waals surface area contributed by atoms with Crippen LogP contribution in [0, 0.1) is 17.8 Å². The van der Waals surface area contributed by atoms with Crippen molar-refractivity contribution in [3.63, 3.8) is 0 Å². The molecule has 5 atom stereocenters. The molecule has 2 aliphatic rings. The second-order valence-corrected chi connectivity index (χ2v) is 7.16. The molecule has 0 bridgehead atoms. The Bertz CT molecular complexity index is 360. The zero-order valence-corrected chi connectivity index (χ0v) is 13.7. The summed E-state index contributed by atoms with van der Waals surface area (Å²) in [4.78, 5) is 11.6. The first-order valence-corrected chi connectivity index (χ1v) is 8.53. The van der Waals surface area contributed by atoms with Crippen LogP contribution >= 0.6 is 0 Å². The quantitative estimate of drug-likeness (QED) is 0.791. The van der Waals surface area contributed by atoms with Crippen molar-refractivity contribution in [2.45, 2.75) is 70.4 Å². The maximum atomic E-state index is 11.6. The molecule has 0 saturated heterocycles. The van der Waals surface area contributed by atoms with Crippen molar-refractivity contribution in [1.82, 2.24) is 5.32 Å². The van der Waals surface area contributed by atoms with E-state index in [0.29, 0.717) is 12.7 Å². The normalized spacial score (nSPS) is 40.3. The molecule has 0 aromatic heterocycles. The van der Waals surface area contributed by atoms with Crippen LogP contribution in [0.25, 0.3) is 0 Å². The molecule has 0 aliphatic heterocycles. The van der Waals surface area contributed by atoms with Crippen molar-refractivity contribution in [2.75, 3.05) is 13.7 Å². The fourth-order valence-corrected chi connectivity index (χ4v) is 4.21. The van der Waals surface area contributed by atoms with Gasteiger partial charge >= 0.3 is 5.97 Å². The summed E-state index contributed by atoms with van der Waals surface area (Å²) in [6.45, 7) is 5.34. The minimum Gasteiger partial charge on any atom is -0.480 e. The summed E-state index contributed by atoms with van der Waals surface area (Å²) in [6, 6.07) is 0. The van der Waals surface area contributed by atoms with E-state index in [9.17, 15) is 9.90 Å². The van der Waals surface area contributed by atoms with Crippen LogP contribution in [-0.2, 0) is 9.53 Å². The number of hydrogen-bond acceptors (Lipinski definition) is 3. The van der Waals surface area contributed by atoms with Gasteiger partial charge in [-0.15, -0.1) is 0 Å². The Labute approximate surface area is 128 Å². The van der Waals surface area contributed by atoms with E-state index in [2.05, 4.69) is 19.2 Å². The van der Waals surface area contributed by atoms with E-state index in [1.807, 2.05) is 0 Å². The monoisotopic (exact) mass is 297 g/mol. The lowest BCUT2D eigenvalue weighted by molar-refractivity contribution is -0.146. The molecule has 21 heavy (non-hydrogen) atoms. The first-order valence-electron chi connectivity index (χ1n) is 8.53. The van der Waals surface area contributed by atoms with E-state index in [0.717, 1.165) is 50.4 Å². The molecule has 4 heteroatoms. The molecular formula is C17H31NO3. The predicted molar refractivity (Wildman–Crippen MR) is 83.3 cm³/mol. The molecule has 4 nitrogen and oxygen atoms in total. The van der Waals surface area contributed by atoms with Crippen molar-refractivity contribution in [3.8, 4) is 0 Å². The Hall–Kier alpha value is -0.610. The average molecular weight is 297 g/mol. The molecule has 0 amide bonds. The van der Waals surface area contributed by atoms with Gasteiger partial charge in [0.05, 0.1) is 6.10 Å². The molecule has 2 saturated carbocycles. The van der Waals surface area contributed by atoms with Gasteiger partial charge in [-0.25, -0.2) is 0 Å². The Morgan fingerprint density at radius 2 is 2.05 bits per heavy atom. The predicted octanol–water partition coefficient (Wildman–Crippen LogP) is 3.06. The van der Waals surface area contributed by atoms with Crippen molar-refractivity contribution in [3.05, 3.63) is 0 Å². The van der Waals surface area contributed by atoms with Crippen LogP contribution in [-0.4, -0.2) is 36.4 Å².